The number of esters is 1. The Morgan fingerprint density at radius 2 is 2.04 bits per heavy atom. The molecule has 25 heavy (non-hydrogen) atoms. The predicted octanol–water partition coefficient (Wildman–Crippen LogP) is 3.50. The Balaban J connectivity index is 2.63. The maximum atomic E-state index is 11.9. The lowest BCUT2D eigenvalue weighted by Crippen LogP contribution is -2.41. The molecule has 0 spiro atoms. The highest BCUT2D eigenvalue weighted by molar-refractivity contribution is 6.74. The van der Waals surface area contributed by atoms with E-state index in [0.29, 0.717) is 13.2 Å². The third kappa shape index (κ3) is 6.32. The van der Waals surface area contributed by atoms with Crippen molar-refractivity contribution in [1.82, 2.24) is 4.90 Å². The first kappa shape index (κ1) is 21.4. The van der Waals surface area contributed by atoms with Gasteiger partial charge < -0.3 is 13.9 Å². The summed E-state index contributed by atoms with van der Waals surface area (Å²) in [5.74, 6) is -0.450. The van der Waals surface area contributed by atoms with Crippen LogP contribution in [-0.4, -0.2) is 58.2 Å². The number of rotatable bonds is 7. The average molecular weight is 370 g/mol. The minimum absolute atomic E-state index is 0.163. The molecule has 0 aliphatic carbocycles. The molecule has 1 heterocycles. The van der Waals surface area contributed by atoms with Crippen molar-refractivity contribution in [3.63, 3.8) is 0 Å². The van der Waals surface area contributed by atoms with E-state index in [0.717, 1.165) is 5.57 Å². The van der Waals surface area contributed by atoms with Gasteiger partial charge in [0.05, 0.1) is 19.8 Å². The van der Waals surface area contributed by atoms with Crippen molar-refractivity contribution in [1.29, 1.82) is 0 Å². The second kappa shape index (κ2) is 8.67. The summed E-state index contributed by atoms with van der Waals surface area (Å²) in [7, 11) is -0.479. The van der Waals surface area contributed by atoms with E-state index in [1.54, 1.807) is 11.0 Å². The van der Waals surface area contributed by atoms with Crippen LogP contribution in [0.25, 0.3) is 0 Å². The van der Waals surface area contributed by atoms with E-state index in [2.05, 4.69) is 38.6 Å². The number of hydrogen-bond acceptors (Lipinski definition) is 5. The normalized spacial score (nSPS) is 19.5. The molecule has 7 heteroatoms. The molecule has 1 saturated heterocycles. The third-order valence-corrected chi connectivity index (χ3v) is 9.25. The first-order valence-electron chi connectivity index (χ1n) is 8.47. The Morgan fingerprint density at radius 1 is 1.40 bits per heavy atom. The number of hydrogen-bond donors (Lipinski definition) is 0. The monoisotopic (exact) mass is 369 g/mol. The number of methoxy groups -OCH3 is 1. The molecule has 1 aliphatic rings. The predicted molar refractivity (Wildman–Crippen MR) is 99.9 cm³/mol. The van der Waals surface area contributed by atoms with Gasteiger partial charge in [-0.15, -0.1) is 0 Å². The van der Waals surface area contributed by atoms with Crippen LogP contribution in [0.2, 0.25) is 18.1 Å². The van der Waals surface area contributed by atoms with Crippen LogP contribution in [0.4, 0.5) is 4.79 Å². The maximum absolute atomic E-state index is 11.9. The molecular formula is C18H31NO5Si. The van der Waals surface area contributed by atoms with Gasteiger partial charge in [0, 0.05) is 12.6 Å². The summed E-state index contributed by atoms with van der Waals surface area (Å²) >= 11 is 0. The average Bonchev–Trinajstić information content (AvgIpc) is 2.87. The molecular weight excluding hydrogens is 338 g/mol. The van der Waals surface area contributed by atoms with Crippen molar-refractivity contribution in [3.8, 4) is 0 Å². The zero-order valence-electron chi connectivity index (χ0n) is 16.4. The molecule has 1 amide bonds. The minimum atomic E-state index is -1.79. The zero-order chi connectivity index (χ0) is 19.3. The van der Waals surface area contributed by atoms with E-state index >= 15 is 0 Å². The second-order valence-corrected chi connectivity index (χ2v) is 12.6. The number of carbonyl (C=O) groups excluding carboxylic acids is 2. The van der Waals surface area contributed by atoms with Crippen LogP contribution < -0.4 is 0 Å². The Bertz CT molecular complexity index is 548. The lowest BCUT2D eigenvalue weighted by atomic mass is 10.2. The molecule has 0 aromatic rings. The summed E-state index contributed by atoms with van der Waals surface area (Å²) in [6.07, 6.45) is 4.54. The smallest absolute Gasteiger partial charge is 0.410 e. The first-order chi connectivity index (χ1) is 11.5. The molecule has 0 aromatic carbocycles. The topological polar surface area (TPSA) is 65.1 Å². The number of ether oxygens (including phenoxy) is 2. The molecule has 6 nitrogen and oxygen atoms in total. The van der Waals surface area contributed by atoms with Gasteiger partial charge in [-0.05, 0) is 25.1 Å². The lowest BCUT2D eigenvalue weighted by Gasteiger charge is -2.36. The molecule has 1 rings (SSSR count). The fourth-order valence-electron chi connectivity index (χ4n) is 1.92. The van der Waals surface area contributed by atoms with Crippen molar-refractivity contribution in [3.05, 3.63) is 23.8 Å². The third-order valence-electron chi connectivity index (χ3n) is 4.77. The Labute approximate surface area is 151 Å². The number of carbonyl (C=O) groups is 2. The molecule has 142 valence electrons. The fraction of sp³-hybridized carbons (Fsp3) is 0.667. The van der Waals surface area contributed by atoms with E-state index in [-0.39, 0.29) is 23.8 Å². The summed E-state index contributed by atoms with van der Waals surface area (Å²) in [5.41, 5.74) is 1.07. The SMILES string of the molecule is COC(=O)/C=C/C1COC(=O)N1C/C=C(\C)CO[Si](C)(C)C(C)(C)C. The minimum Gasteiger partial charge on any atom is -0.466 e. The van der Waals surface area contributed by atoms with Crippen LogP contribution in [0, 0.1) is 0 Å². The summed E-state index contributed by atoms with van der Waals surface area (Å²) in [6.45, 7) is 14.2. The number of amides is 1. The van der Waals surface area contributed by atoms with Gasteiger partial charge in [0.1, 0.15) is 6.61 Å². The molecule has 1 fully saturated rings. The molecule has 1 unspecified atom stereocenters. The van der Waals surface area contributed by atoms with Gasteiger partial charge in [0.25, 0.3) is 0 Å². The van der Waals surface area contributed by atoms with Gasteiger partial charge in [-0.1, -0.05) is 38.5 Å². The summed E-state index contributed by atoms with van der Waals surface area (Å²) in [4.78, 5) is 24.6. The highest BCUT2D eigenvalue weighted by atomic mass is 28.4. The van der Waals surface area contributed by atoms with E-state index in [9.17, 15) is 9.59 Å². The Morgan fingerprint density at radius 3 is 2.60 bits per heavy atom. The number of cyclic esters (lactones) is 1. The van der Waals surface area contributed by atoms with Crippen LogP contribution in [0.5, 0.6) is 0 Å². The lowest BCUT2D eigenvalue weighted by molar-refractivity contribution is -0.134. The largest absolute Gasteiger partial charge is 0.466 e. The number of nitrogens with zero attached hydrogens (tertiary/aromatic N) is 1. The van der Waals surface area contributed by atoms with Crippen LogP contribution in [0.15, 0.2) is 23.8 Å². The first-order valence-corrected chi connectivity index (χ1v) is 11.4. The van der Waals surface area contributed by atoms with Crippen LogP contribution >= 0.6 is 0 Å². The highest BCUT2D eigenvalue weighted by Crippen LogP contribution is 2.36. The van der Waals surface area contributed by atoms with E-state index in [1.807, 2.05) is 13.0 Å². The van der Waals surface area contributed by atoms with Gasteiger partial charge in [0.2, 0.25) is 0 Å². The van der Waals surface area contributed by atoms with Crippen molar-refractivity contribution in [2.24, 2.45) is 0 Å². The highest BCUT2D eigenvalue weighted by Gasteiger charge is 2.37. The standard InChI is InChI=1S/C18H31NO5Si/c1-14(12-24-25(6,7)18(2,3)4)10-11-19-15(13-23-17(19)21)8-9-16(20)22-5/h8-10,15H,11-13H2,1-7H3/b9-8+,14-10+. The van der Waals surface area contributed by atoms with Crippen LogP contribution in [0.3, 0.4) is 0 Å². The van der Waals surface area contributed by atoms with E-state index in [4.69, 9.17) is 9.16 Å². The molecule has 0 saturated carbocycles. The van der Waals surface area contributed by atoms with Crippen LogP contribution in [0.1, 0.15) is 27.7 Å². The molecule has 0 N–H and O–H groups in total. The van der Waals surface area contributed by atoms with Gasteiger partial charge in [-0.3, -0.25) is 4.90 Å². The molecule has 1 aliphatic heterocycles. The second-order valence-electron chi connectivity index (χ2n) is 7.78. The van der Waals surface area contributed by atoms with Crippen molar-refractivity contribution < 1.29 is 23.5 Å². The van der Waals surface area contributed by atoms with Gasteiger partial charge in [-0.25, -0.2) is 9.59 Å². The Kier molecular flexibility index (Phi) is 7.43. The van der Waals surface area contributed by atoms with E-state index < -0.39 is 14.3 Å². The van der Waals surface area contributed by atoms with Crippen molar-refractivity contribution >= 4 is 20.4 Å². The molecule has 0 aromatic heterocycles. The molecule has 0 radical (unpaired) electrons. The van der Waals surface area contributed by atoms with Crippen LogP contribution in [-0.2, 0) is 18.7 Å². The molecule has 0 bridgehead atoms. The van der Waals surface area contributed by atoms with Crippen molar-refractivity contribution in [2.75, 3.05) is 26.9 Å². The zero-order valence-corrected chi connectivity index (χ0v) is 17.4. The molecule has 1 atom stereocenters. The quantitative estimate of drug-likeness (QED) is 0.297. The summed E-state index contributed by atoms with van der Waals surface area (Å²) in [5, 5.41) is 0.163. The Hall–Kier alpha value is -1.60. The van der Waals surface area contributed by atoms with E-state index in [1.165, 1.54) is 13.2 Å². The summed E-state index contributed by atoms with van der Waals surface area (Å²) in [6, 6.07) is -0.267. The van der Waals surface area contributed by atoms with Gasteiger partial charge in [-0.2, -0.15) is 0 Å². The fourth-order valence-corrected chi connectivity index (χ4v) is 2.94. The summed E-state index contributed by atoms with van der Waals surface area (Å²) < 4.78 is 15.8. The van der Waals surface area contributed by atoms with Gasteiger partial charge >= 0.3 is 12.1 Å². The maximum Gasteiger partial charge on any atom is 0.410 e. The van der Waals surface area contributed by atoms with Gasteiger partial charge in [0.15, 0.2) is 8.32 Å². The van der Waals surface area contributed by atoms with Crippen molar-refractivity contribution in [2.45, 2.75) is 51.9 Å².